The van der Waals surface area contributed by atoms with Gasteiger partial charge in [-0.3, -0.25) is 9.59 Å². The Kier molecular flexibility index (Phi) is 6.63. The van der Waals surface area contributed by atoms with Gasteiger partial charge >= 0.3 is 0 Å². The summed E-state index contributed by atoms with van der Waals surface area (Å²) in [6.07, 6.45) is 5.56. The quantitative estimate of drug-likeness (QED) is 0.776. The predicted molar refractivity (Wildman–Crippen MR) is 105 cm³/mol. The number of carbonyl (C=O) groups is 1. The first-order valence-corrected chi connectivity index (χ1v) is 9.76. The molecule has 1 N–H and O–H groups in total. The number of ether oxygens (including phenoxy) is 1. The number of hydrogen-bond acceptors (Lipinski definition) is 4. The Morgan fingerprint density at radius 3 is 2.63 bits per heavy atom. The Labute approximate surface area is 159 Å². The average molecular weight is 369 g/mol. The predicted octanol–water partition coefficient (Wildman–Crippen LogP) is 3.15. The topological polar surface area (TPSA) is 73.2 Å². The molecule has 1 heterocycles. The third-order valence-electron chi connectivity index (χ3n) is 4.82. The second-order valence-corrected chi connectivity index (χ2v) is 6.89. The van der Waals surface area contributed by atoms with Crippen LogP contribution >= 0.6 is 0 Å². The van der Waals surface area contributed by atoms with E-state index in [1.807, 2.05) is 31.2 Å². The number of aromatic nitrogens is 2. The highest BCUT2D eigenvalue weighted by molar-refractivity contribution is 5.76. The Hall–Kier alpha value is -2.63. The molecule has 0 spiro atoms. The molecule has 1 aromatic carbocycles. The Balaban J connectivity index is 1.58. The van der Waals surface area contributed by atoms with Crippen molar-refractivity contribution in [3.8, 4) is 17.0 Å². The molecule has 0 atom stereocenters. The monoisotopic (exact) mass is 369 g/mol. The molecule has 1 aromatic heterocycles. The third kappa shape index (κ3) is 5.42. The first-order chi connectivity index (χ1) is 13.2. The molecule has 1 amide bonds. The van der Waals surface area contributed by atoms with E-state index in [0.717, 1.165) is 29.8 Å². The number of carbonyl (C=O) groups excluding carboxylic acids is 1. The molecular weight excluding hydrogens is 342 g/mol. The van der Waals surface area contributed by atoms with E-state index < -0.39 is 0 Å². The molecule has 6 heteroatoms. The van der Waals surface area contributed by atoms with Gasteiger partial charge in [0.1, 0.15) is 5.75 Å². The lowest BCUT2D eigenvalue weighted by atomic mass is 10.1. The highest BCUT2D eigenvalue weighted by atomic mass is 16.5. The summed E-state index contributed by atoms with van der Waals surface area (Å²) in [5.74, 6) is 0.875. The number of hydrogen-bond donors (Lipinski definition) is 1. The lowest BCUT2D eigenvalue weighted by Gasteiger charge is -2.12. The zero-order valence-electron chi connectivity index (χ0n) is 15.8. The van der Waals surface area contributed by atoms with Gasteiger partial charge in [0.05, 0.1) is 12.3 Å². The molecule has 0 unspecified atom stereocenters. The van der Waals surface area contributed by atoms with Crippen LogP contribution in [-0.4, -0.2) is 28.3 Å². The van der Waals surface area contributed by atoms with Crippen molar-refractivity contribution in [2.45, 2.75) is 58.0 Å². The molecule has 1 aliphatic rings. The number of rotatable bonds is 8. The van der Waals surface area contributed by atoms with Crippen molar-refractivity contribution in [3.63, 3.8) is 0 Å². The molecule has 1 fully saturated rings. The van der Waals surface area contributed by atoms with Crippen LogP contribution in [0, 0.1) is 0 Å². The van der Waals surface area contributed by atoms with Crippen LogP contribution in [-0.2, 0) is 11.3 Å². The van der Waals surface area contributed by atoms with E-state index in [0.29, 0.717) is 32.0 Å². The fourth-order valence-corrected chi connectivity index (χ4v) is 3.41. The minimum absolute atomic E-state index is 0.0672. The minimum Gasteiger partial charge on any atom is -0.494 e. The number of nitrogens with zero attached hydrogens (tertiary/aromatic N) is 2. The third-order valence-corrected chi connectivity index (χ3v) is 4.82. The number of amides is 1. The smallest absolute Gasteiger partial charge is 0.266 e. The van der Waals surface area contributed by atoms with E-state index in [-0.39, 0.29) is 11.5 Å². The first kappa shape index (κ1) is 19.1. The van der Waals surface area contributed by atoms with Crippen molar-refractivity contribution in [1.29, 1.82) is 0 Å². The van der Waals surface area contributed by atoms with Crippen LogP contribution in [0.1, 0.15) is 45.4 Å². The molecule has 1 saturated carbocycles. The first-order valence-electron chi connectivity index (χ1n) is 9.76. The fourth-order valence-electron chi connectivity index (χ4n) is 3.41. The molecule has 0 aliphatic heterocycles. The van der Waals surface area contributed by atoms with Crippen LogP contribution in [0.3, 0.4) is 0 Å². The van der Waals surface area contributed by atoms with Crippen molar-refractivity contribution in [1.82, 2.24) is 15.1 Å². The van der Waals surface area contributed by atoms with Crippen LogP contribution in [0.5, 0.6) is 5.75 Å². The second kappa shape index (κ2) is 9.35. The Morgan fingerprint density at radius 1 is 1.19 bits per heavy atom. The highest BCUT2D eigenvalue weighted by Crippen LogP contribution is 2.20. The van der Waals surface area contributed by atoms with Crippen LogP contribution in [0.25, 0.3) is 11.3 Å². The van der Waals surface area contributed by atoms with Crippen molar-refractivity contribution in [3.05, 3.63) is 46.8 Å². The number of aryl methyl sites for hydroxylation is 1. The van der Waals surface area contributed by atoms with Crippen molar-refractivity contribution >= 4 is 5.91 Å². The summed E-state index contributed by atoms with van der Waals surface area (Å²) < 4.78 is 6.89. The van der Waals surface area contributed by atoms with E-state index in [2.05, 4.69) is 10.4 Å². The largest absolute Gasteiger partial charge is 0.494 e. The molecule has 0 saturated heterocycles. The molecule has 3 rings (SSSR count). The molecule has 27 heavy (non-hydrogen) atoms. The van der Waals surface area contributed by atoms with Crippen molar-refractivity contribution < 1.29 is 9.53 Å². The molecule has 0 bridgehead atoms. The molecular formula is C21H27N3O3. The van der Waals surface area contributed by atoms with Gasteiger partial charge in [-0.1, -0.05) is 12.8 Å². The lowest BCUT2D eigenvalue weighted by Crippen LogP contribution is -2.32. The minimum atomic E-state index is -0.152. The number of nitrogens with one attached hydrogen (secondary N) is 1. The van der Waals surface area contributed by atoms with Gasteiger partial charge in [0.15, 0.2) is 0 Å². The van der Waals surface area contributed by atoms with Gasteiger partial charge < -0.3 is 10.1 Å². The van der Waals surface area contributed by atoms with Gasteiger partial charge in [0.25, 0.3) is 5.56 Å². The van der Waals surface area contributed by atoms with Gasteiger partial charge in [-0.05, 0) is 56.5 Å². The maximum Gasteiger partial charge on any atom is 0.266 e. The van der Waals surface area contributed by atoms with E-state index in [1.54, 1.807) is 6.07 Å². The summed E-state index contributed by atoms with van der Waals surface area (Å²) >= 11 is 0. The van der Waals surface area contributed by atoms with Crippen molar-refractivity contribution in [2.24, 2.45) is 0 Å². The number of benzene rings is 1. The molecule has 2 aromatic rings. The summed E-state index contributed by atoms with van der Waals surface area (Å²) in [4.78, 5) is 24.1. The van der Waals surface area contributed by atoms with Gasteiger partial charge in [-0.2, -0.15) is 5.10 Å². The van der Waals surface area contributed by atoms with Gasteiger partial charge in [0, 0.05) is 30.6 Å². The van der Waals surface area contributed by atoms with Gasteiger partial charge in [0.2, 0.25) is 5.91 Å². The SMILES string of the molecule is CCOc1ccc(-c2ccc(=O)n(CCCC(=O)NC3CCCC3)n2)cc1. The second-order valence-electron chi connectivity index (χ2n) is 6.89. The van der Waals surface area contributed by atoms with Crippen LogP contribution in [0.2, 0.25) is 0 Å². The van der Waals surface area contributed by atoms with Gasteiger partial charge in [-0.25, -0.2) is 4.68 Å². The Morgan fingerprint density at radius 2 is 1.93 bits per heavy atom. The van der Waals surface area contributed by atoms with Gasteiger partial charge in [-0.15, -0.1) is 0 Å². The van der Waals surface area contributed by atoms with Crippen LogP contribution < -0.4 is 15.6 Å². The molecule has 144 valence electrons. The zero-order valence-corrected chi connectivity index (χ0v) is 15.8. The maximum atomic E-state index is 12.1. The normalized spacial score (nSPS) is 14.3. The van der Waals surface area contributed by atoms with E-state index in [4.69, 9.17) is 4.74 Å². The molecule has 1 aliphatic carbocycles. The maximum absolute atomic E-state index is 12.1. The standard InChI is InChI=1S/C21H27N3O3/c1-2-27-18-11-9-16(10-12-18)19-13-14-21(26)24(23-19)15-5-8-20(25)22-17-6-3-4-7-17/h9-14,17H,2-8,15H2,1H3,(H,22,25). The lowest BCUT2D eigenvalue weighted by molar-refractivity contribution is -0.121. The summed E-state index contributed by atoms with van der Waals surface area (Å²) in [6.45, 7) is 3.00. The average Bonchev–Trinajstić information content (AvgIpc) is 3.17. The van der Waals surface area contributed by atoms with Crippen LogP contribution in [0.15, 0.2) is 41.2 Å². The van der Waals surface area contributed by atoms with Crippen LogP contribution in [0.4, 0.5) is 0 Å². The van der Waals surface area contributed by atoms with E-state index in [1.165, 1.54) is 23.6 Å². The highest BCUT2D eigenvalue weighted by Gasteiger charge is 2.16. The van der Waals surface area contributed by atoms with Crippen molar-refractivity contribution in [2.75, 3.05) is 6.61 Å². The summed E-state index contributed by atoms with van der Waals surface area (Å²) in [5, 5.41) is 7.52. The summed E-state index contributed by atoms with van der Waals surface area (Å²) in [6, 6.07) is 11.2. The van der Waals surface area contributed by atoms with E-state index >= 15 is 0 Å². The van der Waals surface area contributed by atoms with E-state index in [9.17, 15) is 9.59 Å². The summed E-state index contributed by atoms with van der Waals surface area (Å²) in [7, 11) is 0. The fraction of sp³-hybridized carbons (Fsp3) is 0.476. The summed E-state index contributed by atoms with van der Waals surface area (Å²) in [5.41, 5.74) is 1.50. The zero-order chi connectivity index (χ0) is 19.1. The molecule has 6 nitrogen and oxygen atoms in total. The Bertz CT molecular complexity index is 808. The molecule has 0 radical (unpaired) electrons.